The van der Waals surface area contributed by atoms with Crippen molar-refractivity contribution in [1.29, 1.82) is 0 Å². The number of nitrogens with two attached hydrogens (primary N) is 1. The molecule has 2 N–H and O–H groups in total. The van der Waals surface area contributed by atoms with Crippen LogP contribution in [0, 0.1) is 6.92 Å². The molecular weight excluding hydrogens is 266 g/mol. The highest BCUT2D eigenvalue weighted by molar-refractivity contribution is 5.83. The number of aryl methyl sites for hydroxylation is 2. The lowest BCUT2D eigenvalue weighted by molar-refractivity contribution is -0.136. The molecule has 0 spiro atoms. The second kappa shape index (κ2) is 5.04. The molecule has 112 valence electrons. The molecule has 1 aliphatic rings. The Bertz CT molecular complexity index is 671. The maximum atomic E-state index is 12.7. The van der Waals surface area contributed by atoms with Gasteiger partial charge in [-0.3, -0.25) is 9.48 Å². The van der Waals surface area contributed by atoms with E-state index in [1.165, 1.54) is 11.4 Å². The van der Waals surface area contributed by atoms with Crippen LogP contribution >= 0.6 is 0 Å². The molecule has 2 aromatic rings. The zero-order valence-electron chi connectivity index (χ0n) is 12.7. The van der Waals surface area contributed by atoms with E-state index in [1.54, 1.807) is 17.1 Å². The van der Waals surface area contributed by atoms with Gasteiger partial charge in [-0.1, -0.05) is 0 Å². The first-order valence-corrected chi connectivity index (χ1v) is 7.19. The second-order valence-corrected chi connectivity index (χ2v) is 5.68. The first kappa shape index (κ1) is 13.9. The summed E-state index contributed by atoms with van der Waals surface area (Å²) in [4.78, 5) is 14.6. The van der Waals surface area contributed by atoms with Gasteiger partial charge in [0.25, 0.3) is 0 Å². The molecule has 0 saturated heterocycles. The third-order valence-corrected chi connectivity index (χ3v) is 4.33. The lowest BCUT2D eigenvalue weighted by Crippen LogP contribution is -2.45. The smallest absolute Gasteiger partial charge is 0.244 e. The first-order valence-electron chi connectivity index (χ1n) is 7.19. The maximum Gasteiger partial charge on any atom is 0.244 e. The molecule has 6 heteroatoms. The van der Waals surface area contributed by atoms with Crippen LogP contribution in [0.15, 0.2) is 24.5 Å². The highest BCUT2D eigenvalue weighted by Crippen LogP contribution is 2.29. The van der Waals surface area contributed by atoms with E-state index in [2.05, 4.69) is 35.6 Å². The minimum absolute atomic E-state index is 0.0411. The molecule has 6 nitrogen and oxygen atoms in total. The van der Waals surface area contributed by atoms with Crippen LogP contribution < -0.4 is 5.73 Å². The molecule has 2 unspecified atom stereocenters. The van der Waals surface area contributed by atoms with Gasteiger partial charge in [-0.15, -0.1) is 0 Å². The average molecular weight is 287 g/mol. The minimum atomic E-state index is -0.649. The maximum absolute atomic E-state index is 12.7. The van der Waals surface area contributed by atoms with E-state index >= 15 is 0 Å². The van der Waals surface area contributed by atoms with E-state index in [1.807, 2.05) is 11.9 Å². The number of hydrogen-bond donors (Lipinski definition) is 1. The number of rotatable bonds is 2. The van der Waals surface area contributed by atoms with Crippen molar-refractivity contribution < 1.29 is 4.79 Å². The van der Waals surface area contributed by atoms with Crippen LogP contribution in [0.25, 0.3) is 0 Å². The van der Waals surface area contributed by atoms with Gasteiger partial charge in [-0.25, -0.2) is 0 Å². The predicted molar refractivity (Wildman–Crippen MR) is 79.4 cm³/mol. The summed E-state index contributed by atoms with van der Waals surface area (Å²) >= 11 is 0. The van der Waals surface area contributed by atoms with Crippen molar-refractivity contribution in [2.45, 2.75) is 32.5 Å². The van der Waals surface area contributed by atoms with Crippen molar-refractivity contribution in [3.8, 4) is 0 Å². The minimum Gasteiger partial charge on any atom is -0.345 e. The van der Waals surface area contributed by atoms with Gasteiger partial charge in [-0.05, 0) is 26.0 Å². The number of hydrogen-bond acceptors (Lipinski definition) is 3. The first-order chi connectivity index (χ1) is 9.99. The molecule has 0 radical (unpaired) electrons. The third kappa shape index (κ3) is 2.25. The summed E-state index contributed by atoms with van der Waals surface area (Å²) < 4.78 is 3.93. The third-order valence-electron chi connectivity index (χ3n) is 4.33. The van der Waals surface area contributed by atoms with Crippen LogP contribution in [-0.4, -0.2) is 31.7 Å². The van der Waals surface area contributed by atoms with Crippen LogP contribution in [0.3, 0.4) is 0 Å². The Morgan fingerprint density at radius 1 is 1.43 bits per heavy atom. The van der Waals surface area contributed by atoms with Crippen LogP contribution in [0.5, 0.6) is 0 Å². The zero-order chi connectivity index (χ0) is 15.1. The summed E-state index contributed by atoms with van der Waals surface area (Å²) in [6.07, 6.45) is 3.45. The monoisotopic (exact) mass is 287 g/mol. The van der Waals surface area contributed by atoms with Gasteiger partial charge < -0.3 is 15.2 Å². The van der Waals surface area contributed by atoms with E-state index in [0.717, 1.165) is 12.1 Å². The molecule has 1 aliphatic heterocycles. The average Bonchev–Trinajstić information content (AvgIpc) is 3.05. The number of nitrogens with zero attached hydrogens (tertiary/aromatic N) is 4. The van der Waals surface area contributed by atoms with E-state index in [-0.39, 0.29) is 11.9 Å². The Labute approximate surface area is 124 Å². The SMILES string of the molecule is Cc1ccc2n1CCN(C(=O)C(N)c1cnn(C)c1)C2C. The number of fused-ring (bicyclic) bond motifs is 1. The van der Waals surface area contributed by atoms with Crippen molar-refractivity contribution in [3.05, 3.63) is 41.5 Å². The molecule has 21 heavy (non-hydrogen) atoms. The lowest BCUT2D eigenvalue weighted by Gasteiger charge is -2.36. The van der Waals surface area contributed by atoms with Crippen LogP contribution in [0.1, 0.15) is 36.0 Å². The van der Waals surface area contributed by atoms with Crippen molar-refractivity contribution in [2.75, 3.05) is 6.54 Å². The molecule has 0 saturated carbocycles. The van der Waals surface area contributed by atoms with Gasteiger partial charge in [-0.2, -0.15) is 5.10 Å². The quantitative estimate of drug-likeness (QED) is 0.900. The number of carbonyl (C=O) groups is 1. The predicted octanol–water partition coefficient (Wildman–Crippen LogP) is 1.13. The van der Waals surface area contributed by atoms with Crippen molar-refractivity contribution in [1.82, 2.24) is 19.2 Å². The Morgan fingerprint density at radius 3 is 2.86 bits per heavy atom. The normalized spacial score (nSPS) is 19.4. The van der Waals surface area contributed by atoms with Crippen LogP contribution in [0.2, 0.25) is 0 Å². The summed E-state index contributed by atoms with van der Waals surface area (Å²) in [6.45, 7) is 5.66. The summed E-state index contributed by atoms with van der Waals surface area (Å²) in [5.41, 5.74) is 9.28. The van der Waals surface area contributed by atoms with Gasteiger partial charge in [0.2, 0.25) is 5.91 Å². The summed E-state index contributed by atoms with van der Waals surface area (Å²) in [5, 5.41) is 4.09. The molecular formula is C15H21N5O. The van der Waals surface area contributed by atoms with E-state index < -0.39 is 6.04 Å². The lowest BCUT2D eigenvalue weighted by atomic mass is 10.1. The van der Waals surface area contributed by atoms with Crippen LogP contribution in [0.4, 0.5) is 0 Å². The fourth-order valence-electron chi connectivity index (χ4n) is 3.04. The van der Waals surface area contributed by atoms with Crippen molar-refractivity contribution in [2.24, 2.45) is 12.8 Å². The molecule has 0 bridgehead atoms. The fourth-order valence-corrected chi connectivity index (χ4v) is 3.04. The number of amides is 1. The molecule has 0 aromatic carbocycles. The fraction of sp³-hybridized carbons (Fsp3) is 0.467. The number of carbonyl (C=O) groups excluding carboxylic acids is 1. The molecule has 0 fully saturated rings. The summed E-state index contributed by atoms with van der Waals surface area (Å²) in [7, 11) is 1.82. The molecule has 2 atom stereocenters. The largest absolute Gasteiger partial charge is 0.345 e. The summed E-state index contributed by atoms with van der Waals surface area (Å²) in [6, 6.07) is 3.59. The molecule has 3 heterocycles. The topological polar surface area (TPSA) is 69.1 Å². The van der Waals surface area contributed by atoms with Gasteiger partial charge in [0.15, 0.2) is 0 Å². The standard InChI is InChI=1S/C15H21N5O/c1-10-4-5-13-11(2)20(7-6-19(10)13)15(21)14(16)12-8-17-18(3)9-12/h4-5,8-9,11,14H,6-7,16H2,1-3H3. The zero-order valence-corrected chi connectivity index (χ0v) is 12.7. The van der Waals surface area contributed by atoms with Crippen molar-refractivity contribution in [3.63, 3.8) is 0 Å². The molecule has 3 rings (SSSR count). The summed E-state index contributed by atoms with van der Waals surface area (Å²) in [5.74, 6) is -0.0411. The molecule has 2 aromatic heterocycles. The van der Waals surface area contributed by atoms with Crippen LogP contribution in [-0.2, 0) is 18.4 Å². The Kier molecular flexibility index (Phi) is 3.33. The Morgan fingerprint density at radius 2 is 2.19 bits per heavy atom. The van der Waals surface area contributed by atoms with Crippen molar-refractivity contribution >= 4 is 5.91 Å². The van der Waals surface area contributed by atoms with Gasteiger partial charge in [0.05, 0.1) is 12.2 Å². The van der Waals surface area contributed by atoms with E-state index in [9.17, 15) is 4.79 Å². The van der Waals surface area contributed by atoms with E-state index in [0.29, 0.717) is 6.54 Å². The Balaban J connectivity index is 1.83. The molecule has 0 aliphatic carbocycles. The highest BCUT2D eigenvalue weighted by atomic mass is 16.2. The molecule has 1 amide bonds. The number of aromatic nitrogens is 3. The highest BCUT2D eigenvalue weighted by Gasteiger charge is 2.32. The van der Waals surface area contributed by atoms with Gasteiger partial charge >= 0.3 is 0 Å². The van der Waals surface area contributed by atoms with Gasteiger partial charge in [0, 0.05) is 43.3 Å². The van der Waals surface area contributed by atoms with Gasteiger partial charge in [0.1, 0.15) is 6.04 Å². The Hall–Kier alpha value is -2.08. The second-order valence-electron chi connectivity index (χ2n) is 5.68. The van der Waals surface area contributed by atoms with E-state index in [4.69, 9.17) is 5.73 Å².